The number of rotatable bonds is 2. The van der Waals surface area contributed by atoms with Gasteiger partial charge in [0.15, 0.2) is 0 Å². The van der Waals surface area contributed by atoms with Crippen LogP contribution in [-0.2, 0) is 4.79 Å². The van der Waals surface area contributed by atoms with E-state index in [1.807, 2.05) is 6.92 Å². The molecule has 0 aliphatic rings. The molecule has 0 spiro atoms. The topological polar surface area (TPSA) is 113 Å². The van der Waals surface area contributed by atoms with E-state index >= 15 is 0 Å². The van der Waals surface area contributed by atoms with Crippen molar-refractivity contribution >= 4 is 5.97 Å². The molecule has 0 heterocycles. The summed E-state index contributed by atoms with van der Waals surface area (Å²) in [6, 6.07) is 0. The van der Waals surface area contributed by atoms with Gasteiger partial charge in [0.2, 0.25) is 0 Å². The summed E-state index contributed by atoms with van der Waals surface area (Å²) in [5.41, 5.74) is 0. The van der Waals surface area contributed by atoms with Gasteiger partial charge in [-0.1, -0.05) is 6.92 Å². The lowest BCUT2D eigenvalue weighted by atomic mass is 10.4. The second kappa shape index (κ2) is 12.1. The van der Waals surface area contributed by atoms with Crippen LogP contribution in [0.2, 0.25) is 0 Å². The minimum atomic E-state index is -1.23. The van der Waals surface area contributed by atoms with Crippen molar-refractivity contribution in [3.8, 4) is 0 Å². The van der Waals surface area contributed by atoms with Gasteiger partial charge in [-0.25, -0.2) is 4.79 Å². The quantitative estimate of drug-likeness (QED) is 0.462. The molecule has 0 aromatic rings. The van der Waals surface area contributed by atoms with Gasteiger partial charge in [0, 0.05) is 6.61 Å². The van der Waals surface area contributed by atoms with Crippen LogP contribution in [-0.4, -0.2) is 34.0 Å². The fraction of sp³-hybridized carbons (Fsp3) is 0.833. The fourth-order valence-corrected chi connectivity index (χ4v) is 0. The predicted molar refractivity (Wildman–Crippen MR) is 41.7 cm³/mol. The maximum Gasteiger partial charge on any atom is 0.332 e. The first-order valence-electron chi connectivity index (χ1n) is 3.08. The second-order valence-corrected chi connectivity index (χ2v) is 1.74. The number of carbonyl (C=O) groups is 1. The molecule has 5 heteroatoms. The number of hydrogen-bond donors (Lipinski definition) is 4. The standard InChI is InChI=1S/C3H6O3.C3H8O.H3N/c1-2(4)3(5)6;1-2-3-4;/h2,4H,1H3,(H,5,6);4H,2-3H2,1H3;1H3. The molecule has 70 valence electrons. The number of aliphatic hydroxyl groups excluding tert-OH is 2. The van der Waals surface area contributed by atoms with Crippen molar-refractivity contribution in [3.05, 3.63) is 0 Å². The molecule has 0 saturated carbocycles. The van der Waals surface area contributed by atoms with Crippen molar-refractivity contribution in [2.75, 3.05) is 6.61 Å². The third-order valence-electron chi connectivity index (χ3n) is 0.581. The van der Waals surface area contributed by atoms with Crippen LogP contribution in [0.25, 0.3) is 0 Å². The lowest BCUT2D eigenvalue weighted by Crippen LogP contribution is -2.13. The Balaban J connectivity index is -0.000000114. The van der Waals surface area contributed by atoms with Gasteiger partial charge in [-0.2, -0.15) is 0 Å². The molecule has 0 aromatic carbocycles. The molecule has 0 radical (unpaired) electrons. The van der Waals surface area contributed by atoms with Crippen LogP contribution in [0, 0.1) is 0 Å². The van der Waals surface area contributed by atoms with Crippen molar-refractivity contribution in [1.82, 2.24) is 6.15 Å². The smallest absolute Gasteiger partial charge is 0.332 e. The third kappa shape index (κ3) is 26.7. The average Bonchev–Trinajstić information content (AvgIpc) is 1.89. The Bertz CT molecular complexity index is 82.7. The van der Waals surface area contributed by atoms with Gasteiger partial charge in [-0.3, -0.25) is 0 Å². The molecule has 0 aromatic heterocycles. The lowest BCUT2D eigenvalue weighted by molar-refractivity contribution is -0.145. The number of carboxylic acids is 1. The first-order valence-corrected chi connectivity index (χ1v) is 3.08. The van der Waals surface area contributed by atoms with E-state index in [2.05, 4.69) is 0 Å². The van der Waals surface area contributed by atoms with Crippen molar-refractivity contribution in [2.45, 2.75) is 26.4 Å². The maximum absolute atomic E-state index is 9.45. The van der Waals surface area contributed by atoms with Gasteiger partial charge in [-0.05, 0) is 13.3 Å². The molecule has 6 N–H and O–H groups in total. The summed E-state index contributed by atoms with van der Waals surface area (Å²) in [6.07, 6.45) is -0.356. The predicted octanol–water partition coefficient (Wildman–Crippen LogP) is 0.00250. The first kappa shape index (κ1) is 16.7. The zero-order chi connectivity index (χ0) is 8.57. The highest BCUT2D eigenvalue weighted by molar-refractivity contribution is 5.71. The van der Waals surface area contributed by atoms with E-state index in [1.165, 1.54) is 6.92 Å². The number of carboxylic acid groups (broad SMARTS) is 1. The molecule has 0 amide bonds. The Kier molecular flexibility index (Phi) is 18.4. The molecule has 0 rings (SSSR count). The average molecular weight is 167 g/mol. The van der Waals surface area contributed by atoms with Crippen LogP contribution in [0.1, 0.15) is 20.3 Å². The Hall–Kier alpha value is -0.650. The number of aliphatic hydroxyl groups is 2. The molecule has 0 aliphatic carbocycles. The van der Waals surface area contributed by atoms with Gasteiger partial charge in [0.05, 0.1) is 0 Å². The van der Waals surface area contributed by atoms with Crippen LogP contribution in [0.4, 0.5) is 0 Å². The van der Waals surface area contributed by atoms with Crippen LogP contribution >= 0.6 is 0 Å². The Morgan fingerprint density at radius 1 is 1.55 bits per heavy atom. The van der Waals surface area contributed by atoms with E-state index < -0.39 is 12.1 Å². The maximum atomic E-state index is 9.45. The number of aliphatic carboxylic acids is 1. The fourth-order valence-electron chi connectivity index (χ4n) is 0. The molecule has 0 aliphatic heterocycles. The number of hydrogen-bond acceptors (Lipinski definition) is 4. The SMILES string of the molecule is CC(O)C(=O)O.CCCO.N. The van der Waals surface area contributed by atoms with Crippen molar-refractivity contribution in [1.29, 1.82) is 0 Å². The largest absolute Gasteiger partial charge is 0.479 e. The summed E-state index contributed by atoms with van der Waals surface area (Å²) >= 11 is 0. The molecule has 1 unspecified atom stereocenters. The molecule has 0 bridgehead atoms. The van der Waals surface area contributed by atoms with E-state index in [0.29, 0.717) is 6.61 Å². The normalized spacial score (nSPS) is 10.2. The lowest BCUT2D eigenvalue weighted by Gasteiger charge is -1.89. The molecular weight excluding hydrogens is 150 g/mol. The zero-order valence-corrected chi connectivity index (χ0v) is 6.95. The van der Waals surface area contributed by atoms with Gasteiger partial charge >= 0.3 is 5.97 Å². The molecule has 0 fully saturated rings. The molecule has 1 atom stereocenters. The molecule has 0 saturated heterocycles. The summed E-state index contributed by atoms with van der Waals surface area (Å²) in [5.74, 6) is -1.19. The third-order valence-corrected chi connectivity index (χ3v) is 0.581. The summed E-state index contributed by atoms with van der Waals surface area (Å²) in [4.78, 5) is 9.45. The van der Waals surface area contributed by atoms with E-state index in [0.717, 1.165) is 6.42 Å². The summed E-state index contributed by atoms with van der Waals surface area (Å²) < 4.78 is 0. The van der Waals surface area contributed by atoms with E-state index in [1.54, 1.807) is 0 Å². The van der Waals surface area contributed by atoms with Gasteiger partial charge in [-0.15, -0.1) is 0 Å². The Morgan fingerprint density at radius 3 is 1.73 bits per heavy atom. The van der Waals surface area contributed by atoms with Crippen LogP contribution in [0.5, 0.6) is 0 Å². The van der Waals surface area contributed by atoms with Gasteiger partial charge in [0.1, 0.15) is 6.10 Å². The second-order valence-electron chi connectivity index (χ2n) is 1.74. The molecular formula is C6H17NO4. The van der Waals surface area contributed by atoms with E-state index in [4.69, 9.17) is 15.3 Å². The highest BCUT2D eigenvalue weighted by atomic mass is 16.4. The van der Waals surface area contributed by atoms with Crippen molar-refractivity contribution in [2.24, 2.45) is 0 Å². The molecule has 5 nitrogen and oxygen atoms in total. The van der Waals surface area contributed by atoms with Crippen LogP contribution in [0.3, 0.4) is 0 Å². The summed E-state index contributed by atoms with van der Waals surface area (Å²) in [6.45, 7) is 3.45. The van der Waals surface area contributed by atoms with Crippen molar-refractivity contribution in [3.63, 3.8) is 0 Å². The summed E-state index contributed by atoms with van der Waals surface area (Å²) in [7, 11) is 0. The van der Waals surface area contributed by atoms with E-state index in [9.17, 15) is 4.79 Å². The summed E-state index contributed by atoms with van der Waals surface area (Å²) in [5, 5.41) is 23.6. The monoisotopic (exact) mass is 167 g/mol. The minimum Gasteiger partial charge on any atom is -0.479 e. The Labute approximate surface area is 66.2 Å². The van der Waals surface area contributed by atoms with Crippen molar-refractivity contribution < 1.29 is 20.1 Å². The first-order chi connectivity index (χ1) is 4.56. The van der Waals surface area contributed by atoms with Gasteiger partial charge in [0.25, 0.3) is 0 Å². The Morgan fingerprint density at radius 2 is 1.73 bits per heavy atom. The molecule has 11 heavy (non-hydrogen) atoms. The van der Waals surface area contributed by atoms with Crippen LogP contribution in [0.15, 0.2) is 0 Å². The van der Waals surface area contributed by atoms with E-state index in [-0.39, 0.29) is 6.15 Å². The van der Waals surface area contributed by atoms with Crippen LogP contribution < -0.4 is 6.15 Å². The van der Waals surface area contributed by atoms with Gasteiger partial charge < -0.3 is 21.5 Å². The zero-order valence-electron chi connectivity index (χ0n) is 6.95. The highest BCUT2D eigenvalue weighted by Gasteiger charge is 2.01. The highest BCUT2D eigenvalue weighted by Crippen LogP contribution is 1.73. The minimum absolute atomic E-state index is 0.